The van der Waals surface area contributed by atoms with Crippen molar-refractivity contribution in [3.63, 3.8) is 0 Å². The molecule has 15 heavy (non-hydrogen) atoms. The first-order chi connectivity index (χ1) is 7.10. The molecule has 1 aromatic rings. The molecule has 1 aliphatic heterocycles. The van der Waals surface area contributed by atoms with Crippen LogP contribution in [0.1, 0.15) is 30.9 Å². The molecule has 2 heteroatoms. The Morgan fingerprint density at radius 1 is 1.47 bits per heavy atom. The Morgan fingerprint density at radius 3 is 2.93 bits per heavy atom. The maximum Gasteiger partial charge on any atom is 0.0943 e. The van der Waals surface area contributed by atoms with Crippen molar-refractivity contribution < 1.29 is 9.84 Å². The molecule has 1 aliphatic rings. The first kappa shape index (κ1) is 10.7. The molecule has 2 unspecified atom stereocenters. The lowest BCUT2D eigenvalue weighted by Crippen LogP contribution is -2.37. The van der Waals surface area contributed by atoms with Crippen LogP contribution in [0, 0.1) is 6.92 Å². The van der Waals surface area contributed by atoms with Gasteiger partial charge < -0.3 is 9.84 Å². The molecule has 0 aliphatic carbocycles. The van der Waals surface area contributed by atoms with E-state index in [2.05, 4.69) is 19.1 Å². The molecule has 2 nitrogen and oxygen atoms in total. The lowest BCUT2D eigenvalue weighted by atomic mass is 9.83. The average molecular weight is 206 g/mol. The van der Waals surface area contributed by atoms with Gasteiger partial charge in [-0.15, -0.1) is 0 Å². The Kier molecular flexibility index (Phi) is 2.81. The Balaban J connectivity index is 2.28. The molecule has 1 fully saturated rings. The first-order valence-electron chi connectivity index (χ1n) is 5.51. The zero-order valence-corrected chi connectivity index (χ0v) is 9.36. The van der Waals surface area contributed by atoms with Gasteiger partial charge in [-0.3, -0.25) is 0 Å². The van der Waals surface area contributed by atoms with Crippen LogP contribution in [0.5, 0.6) is 0 Å². The largest absolute Gasteiger partial charge is 0.385 e. The molecular formula is C13H18O2. The number of rotatable bonds is 1. The summed E-state index contributed by atoms with van der Waals surface area (Å²) >= 11 is 0. The third kappa shape index (κ3) is 2.21. The zero-order chi connectivity index (χ0) is 10.9. The fraction of sp³-hybridized carbons (Fsp3) is 0.538. The van der Waals surface area contributed by atoms with Crippen molar-refractivity contribution in [1.29, 1.82) is 0 Å². The highest BCUT2D eigenvalue weighted by Crippen LogP contribution is 2.34. The van der Waals surface area contributed by atoms with Gasteiger partial charge >= 0.3 is 0 Å². The predicted octanol–water partition coefficient (Wildman–Crippen LogP) is 2.38. The summed E-state index contributed by atoms with van der Waals surface area (Å²) in [6, 6.07) is 8.13. The molecule has 0 spiro atoms. The van der Waals surface area contributed by atoms with Crippen molar-refractivity contribution in [3.8, 4) is 0 Å². The number of ether oxygens (including phenoxy) is 1. The van der Waals surface area contributed by atoms with Crippen LogP contribution < -0.4 is 0 Å². The Morgan fingerprint density at radius 2 is 2.27 bits per heavy atom. The fourth-order valence-corrected chi connectivity index (χ4v) is 2.26. The van der Waals surface area contributed by atoms with E-state index >= 15 is 0 Å². The van der Waals surface area contributed by atoms with Gasteiger partial charge in [0.25, 0.3) is 0 Å². The molecule has 1 heterocycles. The molecule has 0 saturated carbocycles. The van der Waals surface area contributed by atoms with Crippen molar-refractivity contribution in [3.05, 3.63) is 35.4 Å². The zero-order valence-electron chi connectivity index (χ0n) is 9.36. The highest BCUT2D eigenvalue weighted by molar-refractivity contribution is 5.28. The second-order valence-electron chi connectivity index (χ2n) is 4.54. The van der Waals surface area contributed by atoms with Crippen LogP contribution in [0.25, 0.3) is 0 Å². The predicted molar refractivity (Wildman–Crippen MR) is 59.7 cm³/mol. The molecule has 2 atom stereocenters. The molecule has 0 radical (unpaired) electrons. The summed E-state index contributed by atoms with van der Waals surface area (Å²) in [7, 11) is 0. The summed E-state index contributed by atoms with van der Waals surface area (Å²) in [6.07, 6.45) is 1.53. The third-order valence-electron chi connectivity index (χ3n) is 3.10. The van der Waals surface area contributed by atoms with Gasteiger partial charge in [-0.2, -0.15) is 0 Å². The summed E-state index contributed by atoms with van der Waals surface area (Å²) in [5.41, 5.74) is 1.53. The fourth-order valence-electron chi connectivity index (χ4n) is 2.26. The van der Waals surface area contributed by atoms with Gasteiger partial charge in [-0.05, 0) is 19.4 Å². The molecule has 2 rings (SSSR count). The van der Waals surface area contributed by atoms with E-state index in [-0.39, 0.29) is 6.10 Å². The highest BCUT2D eigenvalue weighted by Gasteiger charge is 2.34. The van der Waals surface area contributed by atoms with Crippen LogP contribution in [0.15, 0.2) is 24.3 Å². The third-order valence-corrected chi connectivity index (χ3v) is 3.10. The number of aryl methyl sites for hydroxylation is 1. The van der Waals surface area contributed by atoms with Gasteiger partial charge in [0.2, 0.25) is 0 Å². The quantitative estimate of drug-likeness (QED) is 0.764. The second-order valence-corrected chi connectivity index (χ2v) is 4.54. The lowest BCUT2D eigenvalue weighted by Gasteiger charge is -2.36. The van der Waals surface area contributed by atoms with E-state index in [1.165, 1.54) is 5.56 Å². The van der Waals surface area contributed by atoms with E-state index in [9.17, 15) is 5.11 Å². The smallest absolute Gasteiger partial charge is 0.0943 e. The Hall–Kier alpha value is -0.860. The maximum atomic E-state index is 10.6. The van der Waals surface area contributed by atoms with Gasteiger partial charge in [0.05, 0.1) is 18.3 Å². The minimum absolute atomic E-state index is 0.143. The van der Waals surface area contributed by atoms with Crippen molar-refractivity contribution in [2.75, 3.05) is 6.61 Å². The number of hydrogen-bond donors (Lipinski definition) is 1. The van der Waals surface area contributed by atoms with Crippen LogP contribution in [0.2, 0.25) is 0 Å². The van der Waals surface area contributed by atoms with Gasteiger partial charge in [-0.25, -0.2) is 0 Å². The van der Waals surface area contributed by atoms with Crippen molar-refractivity contribution in [1.82, 2.24) is 0 Å². The number of aliphatic hydroxyl groups is 1. The topological polar surface area (TPSA) is 29.5 Å². The molecule has 1 aromatic carbocycles. The van der Waals surface area contributed by atoms with Gasteiger partial charge in [0, 0.05) is 12.8 Å². The summed E-state index contributed by atoms with van der Waals surface area (Å²) in [4.78, 5) is 0. The first-order valence-corrected chi connectivity index (χ1v) is 5.51. The monoisotopic (exact) mass is 206 g/mol. The summed E-state index contributed by atoms with van der Waals surface area (Å²) in [5, 5.41) is 10.6. The van der Waals surface area contributed by atoms with Crippen molar-refractivity contribution in [2.45, 2.75) is 38.4 Å². The number of hydrogen-bond acceptors (Lipinski definition) is 2. The standard InChI is InChI=1S/C13H18O2/c1-10-4-3-5-12(8-10)13(14)6-7-15-11(2)9-13/h3-5,8,11,14H,6-7,9H2,1-2H3. The van der Waals surface area contributed by atoms with Gasteiger partial charge in [0.15, 0.2) is 0 Å². The van der Waals surface area contributed by atoms with Gasteiger partial charge in [0.1, 0.15) is 0 Å². The minimum Gasteiger partial charge on any atom is -0.385 e. The van der Waals surface area contributed by atoms with Crippen LogP contribution in [0.4, 0.5) is 0 Å². The maximum absolute atomic E-state index is 10.6. The minimum atomic E-state index is -0.691. The average Bonchev–Trinajstić information content (AvgIpc) is 2.17. The van der Waals surface area contributed by atoms with E-state index in [1.807, 2.05) is 19.1 Å². The second kappa shape index (κ2) is 3.95. The van der Waals surface area contributed by atoms with E-state index in [0.717, 1.165) is 5.56 Å². The molecule has 1 N–H and O–H groups in total. The summed E-state index contributed by atoms with van der Waals surface area (Å²) in [5.74, 6) is 0. The van der Waals surface area contributed by atoms with Gasteiger partial charge in [-0.1, -0.05) is 29.8 Å². The van der Waals surface area contributed by atoms with Crippen molar-refractivity contribution >= 4 is 0 Å². The van der Waals surface area contributed by atoms with E-state index < -0.39 is 5.60 Å². The molecule has 0 bridgehead atoms. The van der Waals surface area contributed by atoms with Crippen LogP contribution >= 0.6 is 0 Å². The normalized spacial score (nSPS) is 31.5. The van der Waals surface area contributed by atoms with E-state index in [4.69, 9.17) is 4.74 Å². The van der Waals surface area contributed by atoms with E-state index in [0.29, 0.717) is 19.4 Å². The molecule has 1 saturated heterocycles. The lowest BCUT2D eigenvalue weighted by molar-refractivity contribution is -0.101. The van der Waals surface area contributed by atoms with E-state index in [1.54, 1.807) is 0 Å². The Labute approximate surface area is 90.9 Å². The van der Waals surface area contributed by atoms with Crippen LogP contribution in [0.3, 0.4) is 0 Å². The Bertz CT molecular complexity index is 348. The SMILES string of the molecule is Cc1cccc(C2(O)CCOC(C)C2)c1. The highest BCUT2D eigenvalue weighted by atomic mass is 16.5. The van der Waals surface area contributed by atoms with Crippen LogP contribution in [-0.4, -0.2) is 17.8 Å². The molecule has 82 valence electrons. The summed E-state index contributed by atoms with van der Waals surface area (Å²) in [6.45, 7) is 4.71. The van der Waals surface area contributed by atoms with Crippen molar-refractivity contribution in [2.24, 2.45) is 0 Å². The summed E-state index contributed by atoms with van der Waals surface area (Å²) < 4.78 is 5.46. The molecular weight excluding hydrogens is 188 g/mol. The number of benzene rings is 1. The van der Waals surface area contributed by atoms with Crippen LogP contribution in [-0.2, 0) is 10.3 Å². The molecule has 0 amide bonds. The molecule has 0 aromatic heterocycles.